The molecule has 2 aliphatic rings. The van der Waals surface area contributed by atoms with Crippen molar-refractivity contribution in [1.82, 2.24) is 15.0 Å². The first-order chi connectivity index (χ1) is 10.9. The lowest BCUT2D eigenvalue weighted by molar-refractivity contribution is -0.128. The molecule has 6 heteroatoms. The van der Waals surface area contributed by atoms with E-state index in [1.165, 1.54) is 0 Å². The summed E-state index contributed by atoms with van der Waals surface area (Å²) in [7, 11) is 0. The third-order valence-corrected chi connectivity index (χ3v) is 5.14. The fourth-order valence-corrected chi connectivity index (χ4v) is 3.71. The Balaban J connectivity index is 1.75. The quantitative estimate of drug-likeness (QED) is 0.849. The zero-order chi connectivity index (χ0) is 16.6. The Hall–Kier alpha value is -1.40. The van der Waals surface area contributed by atoms with Gasteiger partial charge >= 0.3 is 0 Å². The van der Waals surface area contributed by atoms with Crippen molar-refractivity contribution in [3.63, 3.8) is 0 Å². The second kappa shape index (κ2) is 6.24. The van der Waals surface area contributed by atoms with Gasteiger partial charge in [-0.15, -0.1) is 0 Å². The molecule has 3 heterocycles. The lowest BCUT2D eigenvalue weighted by atomic mass is 9.87. The van der Waals surface area contributed by atoms with Gasteiger partial charge in [-0.2, -0.15) is 0 Å². The van der Waals surface area contributed by atoms with Crippen molar-refractivity contribution in [2.45, 2.75) is 46.7 Å². The van der Waals surface area contributed by atoms with E-state index in [2.05, 4.69) is 23.9 Å². The summed E-state index contributed by atoms with van der Waals surface area (Å²) in [4.78, 5) is 17.0. The summed E-state index contributed by atoms with van der Waals surface area (Å²) in [5.74, 6) is 1.01. The maximum atomic E-state index is 12.6. The molecular weight excluding hydrogens is 294 g/mol. The average Bonchev–Trinajstić information content (AvgIpc) is 2.87. The first-order valence-electron chi connectivity index (χ1n) is 8.41. The normalized spacial score (nSPS) is 26.5. The van der Waals surface area contributed by atoms with E-state index in [9.17, 15) is 4.79 Å². The summed E-state index contributed by atoms with van der Waals surface area (Å²) in [6.45, 7) is 12.9. The van der Waals surface area contributed by atoms with Crippen LogP contribution in [0.4, 0.5) is 0 Å². The molecule has 1 atom stereocenters. The maximum Gasteiger partial charge on any atom is 0.223 e. The van der Waals surface area contributed by atoms with Gasteiger partial charge in [0.2, 0.25) is 5.91 Å². The van der Waals surface area contributed by atoms with Crippen molar-refractivity contribution in [3.05, 3.63) is 17.0 Å². The molecule has 0 N–H and O–H groups in total. The van der Waals surface area contributed by atoms with Crippen LogP contribution in [-0.4, -0.2) is 59.8 Å². The summed E-state index contributed by atoms with van der Waals surface area (Å²) in [6, 6.07) is 0.472. The van der Waals surface area contributed by atoms with Crippen LogP contribution in [0, 0.1) is 19.3 Å². The largest absolute Gasteiger partial charge is 0.379 e. The van der Waals surface area contributed by atoms with Crippen LogP contribution in [0.3, 0.4) is 0 Å². The third-order valence-electron chi connectivity index (χ3n) is 5.14. The van der Waals surface area contributed by atoms with Gasteiger partial charge in [-0.25, -0.2) is 0 Å². The molecule has 0 saturated carbocycles. The highest BCUT2D eigenvalue weighted by molar-refractivity contribution is 5.79. The first kappa shape index (κ1) is 16.5. The predicted molar refractivity (Wildman–Crippen MR) is 86.0 cm³/mol. The average molecular weight is 321 g/mol. The number of aryl methyl sites for hydroxylation is 2. The monoisotopic (exact) mass is 321 g/mol. The van der Waals surface area contributed by atoms with Crippen LogP contribution in [0.25, 0.3) is 0 Å². The minimum Gasteiger partial charge on any atom is -0.379 e. The number of ether oxygens (including phenoxy) is 1. The highest BCUT2D eigenvalue weighted by Gasteiger charge is 2.46. The zero-order valence-corrected chi connectivity index (χ0v) is 14.6. The fourth-order valence-electron chi connectivity index (χ4n) is 3.71. The molecule has 0 radical (unpaired) electrons. The SMILES string of the molecule is Cc1noc(C)c1CN1CC2(COCCN(C(C)C)C2)CC1=O. The molecule has 1 aromatic rings. The molecular formula is C17H27N3O3. The lowest BCUT2D eigenvalue weighted by Crippen LogP contribution is -2.43. The number of likely N-dealkylation sites (tertiary alicyclic amines) is 1. The van der Waals surface area contributed by atoms with Crippen LogP contribution in [0.1, 0.15) is 37.3 Å². The van der Waals surface area contributed by atoms with Crippen molar-refractivity contribution < 1.29 is 14.1 Å². The van der Waals surface area contributed by atoms with E-state index in [0.717, 1.165) is 43.3 Å². The van der Waals surface area contributed by atoms with E-state index in [1.54, 1.807) is 0 Å². The molecule has 23 heavy (non-hydrogen) atoms. The molecule has 128 valence electrons. The summed E-state index contributed by atoms with van der Waals surface area (Å²) in [5, 5.41) is 3.99. The van der Waals surface area contributed by atoms with Crippen LogP contribution in [0.2, 0.25) is 0 Å². The van der Waals surface area contributed by atoms with Gasteiger partial charge in [-0.3, -0.25) is 9.69 Å². The second-order valence-corrected chi connectivity index (χ2v) is 7.35. The molecule has 0 aromatic carbocycles. The van der Waals surface area contributed by atoms with Gasteiger partial charge in [0.1, 0.15) is 5.76 Å². The molecule has 1 amide bonds. The molecule has 1 spiro atoms. The van der Waals surface area contributed by atoms with Crippen molar-refractivity contribution in [2.75, 3.05) is 32.8 Å². The summed E-state index contributed by atoms with van der Waals surface area (Å²) in [5.41, 5.74) is 1.82. The Morgan fingerprint density at radius 3 is 2.74 bits per heavy atom. The molecule has 0 bridgehead atoms. The van der Waals surface area contributed by atoms with E-state index >= 15 is 0 Å². The molecule has 3 rings (SSSR count). The van der Waals surface area contributed by atoms with E-state index in [-0.39, 0.29) is 11.3 Å². The second-order valence-electron chi connectivity index (χ2n) is 7.35. The first-order valence-corrected chi connectivity index (χ1v) is 8.41. The highest BCUT2D eigenvalue weighted by Crippen LogP contribution is 2.36. The zero-order valence-electron chi connectivity index (χ0n) is 14.6. The smallest absolute Gasteiger partial charge is 0.223 e. The number of amides is 1. The van der Waals surface area contributed by atoms with E-state index < -0.39 is 0 Å². The highest BCUT2D eigenvalue weighted by atomic mass is 16.5. The Morgan fingerprint density at radius 1 is 1.30 bits per heavy atom. The molecule has 1 unspecified atom stereocenters. The van der Waals surface area contributed by atoms with Crippen molar-refractivity contribution >= 4 is 5.91 Å². The molecule has 6 nitrogen and oxygen atoms in total. The molecule has 0 aliphatic carbocycles. The van der Waals surface area contributed by atoms with E-state index in [1.807, 2.05) is 18.7 Å². The maximum absolute atomic E-state index is 12.6. The summed E-state index contributed by atoms with van der Waals surface area (Å²) in [6.07, 6.45) is 0.569. The van der Waals surface area contributed by atoms with Crippen LogP contribution < -0.4 is 0 Å². The van der Waals surface area contributed by atoms with Crippen molar-refractivity contribution in [2.24, 2.45) is 5.41 Å². The minimum atomic E-state index is -0.0865. The standard InChI is InChI=1S/C17H27N3O3/c1-12(2)19-5-6-22-11-17(9-19)7-16(21)20(10-17)8-15-13(3)18-23-14(15)4/h12H,5-11H2,1-4H3. The van der Waals surface area contributed by atoms with Gasteiger partial charge in [0.25, 0.3) is 0 Å². The molecule has 1 aromatic heterocycles. The number of rotatable bonds is 3. The molecule has 2 aliphatic heterocycles. The van der Waals surface area contributed by atoms with E-state index in [4.69, 9.17) is 9.26 Å². The summed E-state index contributed by atoms with van der Waals surface area (Å²) < 4.78 is 11.1. The minimum absolute atomic E-state index is 0.0865. The number of carbonyl (C=O) groups excluding carboxylic acids is 1. The molecule has 2 fully saturated rings. The topological polar surface area (TPSA) is 58.8 Å². The van der Waals surface area contributed by atoms with Crippen molar-refractivity contribution in [3.8, 4) is 0 Å². The third kappa shape index (κ3) is 3.28. The van der Waals surface area contributed by atoms with Gasteiger partial charge in [-0.1, -0.05) is 5.16 Å². The van der Waals surface area contributed by atoms with Crippen molar-refractivity contribution in [1.29, 1.82) is 0 Å². The predicted octanol–water partition coefficient (Wildman–Crippen LogP) is 1.75. The Morgan fingerprint density at radius 2 is 2.09 bits per heavy atom. The number of aromatic nitrogens is 1. The number of nitrogens with zero attached hydrogens (tertiary/aromatic N) is 3. The van der Waals surface area contributed by atoms with Gasteiger partial charge < -0.3 is 14.2 Å². The Labute approximate surface area is 137 Å². The molecule has 2 saturated heterocycles. The Bertz CT molecular complexity index is 564. The number of carbonyl (C=O) groups is 1. The van der Waals surface area contributed by atoms with Crippen LogP contribution in [0.5, 0.6) is 0 Å². The van der Waals surface area contributed by atoms with Gasteiger partial charge in [0.05, 0.1) is 25.5 Å². The lowest BCUT2D eigenvalue weighted by Gasteiger charge is -2.33. The van der Waals surface area contributed by atoms with Gasteiger partial charge in [0, 0.05) is 43.1 Å². The van der Waals surface area contributed by atoms with Gasteiger partial charge in [-0.05, 0) is 27.7 Å². The van der Waals surface area contributed by atoms with Crippen LogP contribution in [-0.2, 0) is 16.1 Å². The van der Waals surface area contributed by atoms with Crippen LogP contribution >= 0.6 is 0 Å². The number of hydrogen-bond donors (Lipinski definition) is 0. The van der Waals surface area contributed by atoms with Gasteiger partial charge in [0.15, 0.2) is 0 Å². The summed E-state index contributed by atoms with van der Waals surface area (Å²) >= 11 is 0. The Kier molecular flexibility index (Phi) is 4.47. The van der Waals surface area contributed by atoms with E-state index in [0.29, 0.717) is 25.6 Å². The van der Waals surface area contributed by atoms with Crippen LogP contribution in [0.15, 0.2) is 4.52 Å². The fraction of sp³-hybridized carbons (Fsp3) is 0.765. The number of hydrogen-bond acceptors (Lipinski definition) is 5.